The summed E-state index contributed by atoms with van der Waals surface area (Å²) in [4.78, 5) is 31.0. The number of carbonyl (C=O) groups excluding carboxylic acids is 1. The fraction of sp³-hybridized carbons (Fsp3) is 0.381. The molecule has 1 aliphatic rings. The summed E-state index contributed by atoms with van der Waals surface area (Å²) in [6.45, 7) is 4.49. The van der Waals surface area contributed by atoms with Crippen LogP contribution in [0.5, 0.6) is 0 Å². The zero-order chi connectivity index (χ0) is 22.2. The van der Waals surface area contributed by atoms with Gasteiger partial charge in [0.25, 0.3) is 5.56 Å². The summed E-state index contributed by atoms with van der Waals surface area (Å²) in [5.41, 5.74) is 2.50. The molecule has 0 radical (unpaired) electrons. The molecule has 0 fully saturated rings. The molecule has 0 atom stereocenters. The van der Waals surface area contributed by atoms with Gasteiger partial charge in [-0.25, -0.2) is 13.4 Å². The van der Waals surface area contributed by atoms with E-state index in [-0.39, 0.29) is 36.7 Å². The van der Waals surface area contributed by atoms with Crippen LogP contribution in [-0.4, -0.2) is 42.7 Å². The molecule has 3 aromatic rings. The number of rotatable bonds is 7. The maximum absolute atomic E-state index is 12.7. The topological polar surface area (TPSA) is 101 Å². The van der Waals surface area contributed by atoms with Crippen LogP contribution in [0.25, 0.3) is 10.2 Å². The average molecular weight is 461 g/mol. The van der Waals surface area contributed by atoms with Crippen molar-refractivity contribution in [2.45, 2.75) is 33.2 Å². The second kappa shape index (κ2) is 8.43. The third-order valence-corrected chi connectivity index (χ3v) is 8.48. The number of nitrogens with zero attached hydrogens (tertiary/aromatic N) is 3. The molecule has 2 aromatic heterocycles. The average Bonchev–Trinajstić information content (AvgIpc) is 3.29. The molecule has 3 heterocycles. The first kappa shape index (κ1) is 21.5. The Labute approximate surface area is 184 Å². The van der Waals surface area contributed by atoms with Crippen molar-refractivity contribution in [3.05, 3.63) is 57.0 Å². The molecule has 1 amide bonds. The molecule has 0 saturated carbocycles. The number of fused-ring (bicyclic) bond motifs is 2. The van der Waals surface area contributed by atoms with Crippen molar-refractivity contribution in [2.75, 3.05) is 23.1 Å². The predicted molar refractivity (Wildman–Crippen MR) is 122 cm³/mol. The van der Waals surface area contributed by atoms with E-state index in [1.165, 1.54) is 26.5 Å². The number of hydrogen-bond donors (Lipinski definition) is 1. The summed E-state index contributed by atoms with van der Waals surface area (Å²) in [5.74, 6) is -0.476. The smallest absolute Gasteiger partial charge is 0.262 e. The highest BCUT2D eigenvalue weighted by Gasteiger charge is 2.28. The van der Waals surface area contributed by atoms with Crippen molar-refractivity contribution in [3.63, 3.8) is 0 Å². The van der Waals surface area contributed by atoms with Crippen LogP contribution in [0.4, 0.5) is 5.69 Å². The first-order valence-corrected chi connectivity index (χ1v) is 12.5. The van der Waals surface area contributed by atoms with Crippen LogP contribution in [0.15, 0.2) is 35.4 Å². The van der Waals surface area contributed by atoms with E-state index in [0.717, 1.165) is 21.7 Å². The number of aryl methyl sites for hydroxylation is 3. The summed E-state index contributed by atoms with van der Waals surface area (Å²) in [6, 6.07) is 7.45. The summed E-state index contributed by atoms with van der Waals surface area (Å²) in [5, 5.41) is 3.25. The number of carbonyl (C=O) groups is 1. The Hall–Kier alpha value is -2.72. The Kier molecular flexibility index (Phi) is 5.85. The first-order chi connectivity index (χ1) is 14.8. The molecule has 164 valence electrons. The number of anilines is 1. The van der Waals surface area contributed by atoms with Gasteiger partial charge >= 0.3 is 0 Å². The summed E-state index contributed by atoms with van der Waals surface area (Å²) >= 11 is 1.48. The van der Waals surface area contributed by atoms with E-state index in [1.807, 2.05) is 32.0 Å². The second-order valence-electron chi connectivity index (χ2n) is 7.57. The number of hydrogen-bond acceptors (Lipinski definition) is 6. The molecule has 0 unspecified atom stereocenters. The molecular weight excluding hydrogens is 436 g/mol. The number of thiophene rings is 1. The van der Waals surface area contributed by atoms with Gasteiger partial charge in [0.2, 0.25) is 15.9 Å². The SMILES string of the molecule is Cc1sc2ncn(CCC(=O)NCCS(=O)(=O)N3CCc4ccccc43)c(=O)c2c1C. The zero-order valence-electron chi connectivity index (χ0n) is 17.4. The number of amides is 1. The lowest BCUT2D eigenvalue weighted by Crippen LogP contribution is -2.37. The zero-order valence-corrected chi connectivity index (χ0v) is 19.1. The van der Waals surface area contributed by atoms with Crippen LogP contribution in [0.3, 0.4) is 0 Å². The number of sulfonamides is 1. The highest BCUT2D eigenvalue weighted by molar-refractivity contribution is 7.92. The molecule has 1 aliphatic heterocycles. The molecule has 0 aliphatic carbocycles. The van der Waals surface area contributed by atoms with Crippen molar-refractivity contribution in [2.24, 2.45) is 0 Å². The van der Waals surface area contributed by atoms with Gasteiger partial charge in [0.15, 0.2) is 0 Å². The molecule has 0 bridgehead atoms. The van der Waals surface area contributed by atoms with E-state index in [9.17, 15) is 18.0 Å². The molecule has 1 aromatic carbocycles. The fourth-order valence-corrected chi connectivity index (χ4v) is 6.18. The molecule has 1 N–H and O–H groups in total. The van der Waals surface area contributed by atoms with E-state index in [4.69, 9.17) is 0 Å². The van der Waals surface area contributed by atoms with Gasteiger partial charge in [-0.1, -0.05) is 18.2 Å². The minimum absolute atomic E-state index is 0.0227. The van der Waals surface area contributed by atoms with Crippen LogP contribution >= 0.6 is 11.3 Å². The third-order valence-electron chi connectivity index (χ3n) is 5.60. The molecule has 4 rings (SSSR count). The fourth-order valence-electron chi connectivity index (χ4n) is 3.77. The van der Waals surface area contributed by atoms with E-state index in [0.29, 0.717) is 23.2 Å². The molecule has 10 heteroatoms. The quantitative estimate of drug-likeness (QED) is 0.581. The minimum Gasteiger partial charge on any atom is -0.355 e. The summed E-state index contributed by atoms with van der Waals surface area (Å²) in [6.07, 6.45) is 2.22. The van der Waals surface area contributed by atoms with Crippen LogP contribution in [-0.2, 0) is 27.8 Å². The summed E-state index contributed by atoms with van der Waals surface area (Å²) < 4.78 is 28.2. The van der Waals surface area contributed by atoms with Crippen LogP contribution < -0.4 is 15.2 Å². The van der Waals surface area contributed by atoms with Crippen molar-refractivity contribution >= 4 is 43.2 Å². The maximum Gasteiger partial charge on any atom is 0.262 e. The standard InChI is InChI=1S/C21H24N4O4S2/c1-14-15(2)30-20-19(14)21(27)24(13-23-20)10-8-18(26)22-9-12-31(28,29)25-11-7-16-5-3-4-6-17(16)25/h3-6,13H,7-12H2,1-2H3,(H,22,26). The molecular formula is C21H24N4O4S2. The molecule has 0 spiro atoms. The van der Waals surface area contributed by atoms with Crippen LogP contribution in [0, 0.1) is 13.8 Å². The van der Waals surface area contributed by atoms with E-state index < -0.39 is 10.0 Å². The number of para-hydroxylation sites is 1. The third kappa shape index (κ3) is 4.22. The van der Waals surface area contributed by atoms with Gasteiger partial charge in [-0.3, -0.25) is 18.5 Å². The second-order valence-corrected chi connectivity index (χ2v) is 10.8. The Morgan fingerprint density at radius 3 is 2.84 bits per heavy atom. The van der Waals surface area contributed by atoms with Crippen molar-refractivity contribution in [3.8, 4) is 0 Å². The van der Waals surface area contributed by atoms with Gasteiger partial charge in [-0.15, -0.1) is 11.3 Å². The van der Waals surface area contributed by atoms with Gasteiger partial charge in [0.05, 0.1) is 23.2 Å². The highest BCUT2D eigenvalue weighted by Crippen LogP contribution is 2.30. The van der Waals surface area contributed by atoms with E-state index in [2.05, 4.69) is 10.3 Å². The van der Waals surface area contributed by atoms with Crippen molar-refractivity contribution < 1.29 is 13.2 Å². The highest BCUT2D eigenvalue weighted by atomic mass is 32.2. The van der Waals surface area contributed by atoms with Crippen molar-refractivity contribution in [1.82, 2.24) is 14.9 Å². The lowest BCUT2D eigenvalue weighted by Gasteiger charge is -2.19. The normalized spacial score (nSPS) is 13.5. The number of nitrogens with one attached hydrogen (secondary N) is 1. The minimum atomic E-state index is -3.52. The largest absolute Gasteiger partial charge is 0.355 e. The van der Waals surface area contributed by atoms with E-state index >= 15 is 0 Å². The van der Waals surface area contributed by atoms with Gasteiger partial charge in [0, 0.05) is 30.9 Å². The van der Waals surface area contributed by atoms with Gasteiger partial charge < -0.3 is 5.32 Å². The van der Waals surface area contributed by atoms with Gasteiger partial charge in [0.1, 0.15) is 4.83 Å². The van der Waals surface area contributed by atoms with Crippen molar-refractivity contribution in [1.29, 1.82) is 0 Å². The lowest BCUT2D eigenvalue weighted by atomic mass is 10.2. The predicted octanol–water partition coefficient (Wildman–Crippen LogP) is 1.97. The number of benzene rings is 1. The number of aromatic nitrogens is 2. The maximum atomic E-state index is 12.7. The monoisotopic (exact) mass is 460 g/mol. The Bertz CT molecular complexity index is 1310. The van der Waals surface area contributed by atoms with Crippen LogP contribution in [0.1, 0.15) is 22.4 Å². The van der Waals surface area contributed by atoms with E-state index in [1.54, 1.807) is 6.07 Å². The van der Waals surface area contributed by atoms with Gasteiger partial charge in [-0.05, 0) is 37.5 Å². The Morgan fingerprint density at radius 2 is 2.03 bits per heavy atom. The molecule has 8 nitrogen and oxygen atoms in total. The summed E-state index contributed by atoms with van der Waals surface area (Å²) in [7, 11) is -3.52. The molecule has 31 heavy (non-hydrogen) atoms. The Morgan fingerprint density at radius 1 is 1.26 bits per heavy atom. The molecule has 0 saturated heterocycles. The Balaban J connectivity index is 1.32. The van der Waals surface area contributed by atoms with Crippen LogP contribution in [0.2, 0.25) is 0 Å². The van der Waals surface area contributed by atoms with Gasteiger partial charge in [-0.2, -0.15) is 0 Å². The first-order valence-electron chi connectivity index (χ1n) is 10.1. The lowest BCUT2D eigenvalue weighted by molar-refractivity contribution is -0.121.